The molecule has 0 aliphatic heterocycles. The summed E-state index contributed by atoms with van der Waals surface area (Å²) in [6.45, 7) is 6.17. The molecule has 0 aromatic heterocycles. The fourth-order valence-corrected chi connectivity index (χ4v) is 1.41. The van der Waals surface area contributed by atoms with Crippen molar-refractivity contribution in [2.24, 2.45) is 0 Å². The van der Waals surface area contributed by atoms with Crippen LogP contribution in [0.3, 0.4) is 0 Å². The Labute approximate surface area is 108 Å². The van der Waals surface area contributed by atoms with Crippen molar-refractivity contribution >= 4 is 11.9 Å². The third-order valence-electron chi connectivity index (χ3n) is 2.33. The number of aliphatic carboxylic acids is 1. The van der Waals surface area contributed by atoms with Gasteiger partial charge in [0.25, 0.3) is 0 Å². The van der Waals surface area contributed by atoms with E-state index in [1.807, 2.05) is 13.8 Å². The van der Waals surface area contributed by atoms with Crippen LogP contribution in [0.5, 0.6) is 0 Å². The van der Waals surface area contributed by atoms with Gasteiger partial charge in [0.15, 0.2) is 0 Å². The van der Waals surface area contributed by atoms with Crippen LogP contribution in [0.1, 0.15) is 40.0 Å². The Morgan fingerprint density at radius 2 is 1.94 bits per heavy atom. The van der Waals surface area contributed by atoms with Crippen LogP contribution in [0.15, 0.2) is 0 Å². The molecule has 0 aromatic carbocycles. The predicted octanol–water partition coefficient (Wildman–Crippen LogP) is 0.107. The Kier molecular flexibility index (Phi) is 7.54. The minimum atomic E-state index is -1.41. The van der Waals surface area contributed by atoms with Crippen LogP contribution in [0.2, 0.25) is 0 Å². The SMILES string of the molecule is CC(C)NCCCC(=O)NCC(C)(O)CC(=O)O. The molecule has 0 aliphatic rings. The average Bonchev–Trinajstić information content (AvgIpc) is 2.19. The second-order valence-corrected chi connectivity index (χ2v) is 5.06. The van der Waals surface area contributed by atoms with Gasteiger partial charge in [0.1, 0.15) is 0 Å². The fraction of sp³-hybridized carbons (Fsp3) is 0.833. The predicted molar refractivity (Wildman–Crippen MR) is 68.3 cm³/mol. The van der Waals surface area contributed by atoms with Crippen molar-refractivity contribution in [1.29, 1.82) is 0 Å². The summed E-state index contributed by atoms with van der Waals surface area (Å²) < 4.78 is 0. The van der Waals surface area contributed by atoms with Gasteiger partial charge in [-0.3, -0.25) is 9.59 Å². The summed E-state index contributed by atoms with van der Waals surface area (Å²) in [7, 11) is 0. The van der Waals surface area contributed by atoms with Gasteiger partial charge < -0.3 is 20.8 Å². The standard InChI is InChI=1S/C12H24N2O4/c1-9(2)13-6-4-5-10(15)14-8-12(3,18)7-11(16)17/h9,13,18H,4-8H2,1-3H3,(H,14,15)(H,16,17). The second kappa shape index (κ2) is 8.05. The molecule has 0 fully saturated rings. The molecule has 6 heteroatoms. The van der Waals surface area contributed by atoms with Gasteiger partial charge in [-0.15, -0.1) is 0 Å². The molecule has 106 valence electrons. The summed E-state index contributed by atoms with van der Waals surface area (Å²) in [6.07, 6.45) is 0.691. The number of amides is 1. The molecule has 0 spiro atoms. The number of rotatable bonds is 9. The highest BCUT2D eigenvalue weighted by Crippen LogP contribution is 2.07. The highest BCUT2D eigenvalue weighted by molar-refractivity contribution is 5.76. The lowest BCUT2D eigenvalue weighted by molar-refractivity contribution is -0.142. The van der Waals surface area contributed by atoms with Crippen molar-refractivity contribution in [3.8, 4) is 0 Å². The zero-order chi connectivity index (χ0) is 14.2. The monoisotopic (exact) mass is 260 g/mol. The van der Waals surface area contributed by atoms with Gasteiger partial charge in [-0.1, -0.05) is 13.8 Å². The van der Waals surface area contributed by atoms with E-state index in [0.717, 1.165) is 6.54 Å². The van der Waals surface area contributed by atoms with Crippen LogP contribution in [0, 0.1) is 0 Å². The normalized spacial score (nSPS) is 14.3. The van der Waals surface area contributed by atoms with E-state index in [2.05, 4.69) is 10.6 Å². The number of aliphatic hydroxyl groups is 1. The first-order chi connectivity index (χ1) is 8.23. The van der Waals surface area contributed by atoms with Crippen LogP contribution in [-0.4, -0.2) is 46.8 Å². The molecule has 0 bridgehead atoms. The molecule has 0 rings (SSSR count). The van der Waals surface area contributed by atoms with Crippen molar-refractivity contribution in [3.63, 3.8) is 0 Å². The molecule has 0 saturated carbocycles. The topological polar surface area (TPSA) is 98.7 Å². The quantitative estimate of drug-likeness (QED) is 0.441. The zero-order valence-corrected chi connectivity index (χ0v) is 11.3. The maximum absolute atomic E-state index is 11.4. The molecular formula is C12H24N2O4. The first-order valence-corrected chi connectivity index (χ1v) is 6.17. The molecular weight excluding hydrogens is 236 g/mol. The number of hydrogen-bond donors (Lipinski definition) is 4. The fourth-order valence-electron chi connectivity index (χ4n) is 1.41. The Balaban J connectivity index is 3.73. The van der Waals surface area contributed by atoms with E-state index in [-0.39, 0.29) is 18.9 Å². The number of carboxylic acid groups (broad SMARTS) is 1. The second-order valence-electron chi connectivity index (χ2n) is 5.06. The Morgan fingerprint density at radius 3 is 2.44 bits per heavy atom. The van der Waals surface area contributed by atoms with Gasteiger partial charge in [-0.2, -0.15) is 0 Å². The zero-order valence-electron chi connectivity index (χ0n) is 11.3. The molecule has 0 radical (unpaired) electrons. The van der Waals surface area contributed by atoms with E-state index in [1.54, 1.807) is 0 Å². The van der Waals surface area contributed by atoms with Crippen molar-refractivity contribution in [1.82, 2.24) is 10.6 Å². The van der Waals surface area contributed by atoms with Gasteiger partial charge in [0.05, 0.1) is 12.0 Å². The molecule has 18 heavy (non-hydrogen) atoms. The summed E-state index contributed by atoms with van der Waals surface area (Å²) in [5.41, 5.74) is -1.41. The number of nitrogens with one attached hydrogen (secondary N) is 2. The van der Waals surface area contributed by atoms with E-state index in [0.29, 0.717) is 18.9 Å². The number of carboxylic acids is 1. The Morgan fingerprint density at radius 1 is 1.33 bits per heavy atom. The molecule has 0 aromatic rings. The molecule has 0 heterocycles. The number of hydrogen-bond acceptors (Lipinski definition) is 4. The van der Waals surface area contributed by atoms with E-state index >= 15 is 0 Å². The lowest BCUT2D eigenvalue weighted by Gasteiger charge is -2.21. The minimum Gasteiger partial charge on any atom is -0.481 e. The van der Waals surface area contributed by atoms with Gasteiger partial charge in [0.2, 0.25) is 5.91 Å². The summed E-state index contributed by atoms with van der Waals surface area (Å²) in [4.78, 5) is 21.9. The summed E-state index contributed by atoms with van der Waals surface area (Å²) >= 11 is 0. The molecule has 1 atom stereocenters. The highest BCUT2D eigenvalue weighted by Gasteiger charge is 2.24. The summed E-state index contributed by atoms with van der Waals surface area (Å²) in [5.74, 6) is -1.26. The van der Waals surface area contributed by atoms with Crippen LogP contribution in [0.4, 0.5) is 0 Å². The summed E-state index contributed by atoms with van der Waals surface area (Å²) in [5, 5.41) is 24.0. The third-order valence-corrected chi connectivity index (χ3v) is 2.33. The molecule has 1 amide bonds. The molecule has 4 N–H and O–H groups in total. The van der Waals surface area contributed by atoms with Gasteiger partial charge in [-0.05, 0) is 19.9 Å². The van der Waals surface area contributed by atoms with Crippen molar-refractivity contribution < 1.29 is 19.8 Å². The van der Waals surface area contributed by atoms with Crippen molar-refractivity contribution in [2.45, 2.75) is 51.7 Å². The first kappa shape index (κ1) is 16.9. The molecule has 0 saturated heterocycles. The van der Waals surface area contributed by atoms with Crippen LogP contribution < -0.4 is 10.6 Å². The largest absolute Gasteiger partial charge is 0.481 e. The van der Waals surface area contributed by atoms with Gasteiger partial charge in [-0.25, -0.2) is 0 Å². The van der Waals surface area contributed by atoms with Crippen LogP contribution in [0.25, 0.3) is 0 Å². The number of carbonyl (C=O) groups is 2. The maximum Gasteiger partial charge on any atom is 0.306 e. The van der Waals surface area contributed by atoms with Crippen LogP contribution >= 0.6 is 0 Å². The van der Waals surface area contributed by atoms with Gasteiger partial charge in [0, 0.05) is 19.0 Å². The molecule has 1 unspecified atom stereocenters. The lowest BCUT2D eigenvalue weighted by atomic mass is 10.0. The third kappa shape index (κ3) is 10.0. The van der Waals surface area contributed by atoms with Crippen molar-refractivity contribution in [3.05, 3.63) is 0 Å². The van der Waals surface area contributed by atoms with Gasteiger partial charge >= 0.3 is 5.97 Å². The average molecular weight is 260 g/mol. The lowest BCUT2D eigenvalue weighted by Crippen LogP contribution is -2.42. The highest BCUT2D eigenvalue weighted by atomic mass is 16.4. The minimum absolute atomic E-state index is 0.0459. The smallest absolute Gasteiger partial charge is 0.306 e. The Hall–Kier alpha value is -1.14. The van der Waals surface area contributed by atoms with Crippen LogP contribution in [-0.2, 0) is 9.59 Å². The van der Waals surface area contributed by atoms with E-state index in [9.17, 15) is 14.7 Å². The first-order valence-electron chi connectivity index (χ1n) is 6.17. The van der Waals surface area contributed by atoms with Crippen molar-refractivity contribution in [2.75, 3.05) is 13.1 Å². The molecule has 0 aliphatic carbocycles. The van der Waals surface area contributed by atoms with E-state index < -0.39 is 11.6 Å². The number of carbonyl (C=O) groups excluding carboxylic acids is 1. The molecule has 6 nitrogen and oxygen atoms in total. The van der Waals surface area contributed by atoms with E-state index in [1.165, 1.54) is 6.92 Å². The van der Waals surface area contributed by atoms with E-state index in [4.69, 9.17) is 5.11 Å². The maximum atomic E-state index is 11.4. The summed E-state index contributed by atoms with van der Waals surface area (Å²) in [6, 6.07) is 0.393. The Bertz CT molecular complexity index is 277.